The van der Waals surface area contributed by atoms with Crippen LogP contribution in [0.1, 0.15) is 17.3 Å². The average molecular weight is 262 g/mol. The summed E-state index contributed by atoms with van der Waals surface area (Å²) < 4.78 is 0. The largest absolute Gasteiger partial charge is 0.397 e. The van der Waals surface area contributed by atoms with Gasteiger partial charge in [0.25, 0.3) is 5.91 Å². The molecule has 0 bridgehead atoms. The topological polar surface area (TPSA) is 61.6 Å². The zero-order chi connectivity index (χ0) is 14.0. The predicted molar refractivity (Wildman–Crippen MR) is 78.5 cm³/mol. The molecule has 0 spiro atoms. The molecule has 0 aliphatic carbocycles. The lowest BCUT2D eigenvalue weighted by Gasteiger charge is -2.40. The van der Waals surface area contributed by atoms with Crippen molar-refractivity contribution in [3.63, 3.8) is 0 Å². The lowest BCUT2D eigenvalue weighted by atomic mass is 10.1. The number of anilines is 2. The van der Waals surface area contributed by atoms with Crippen LogP contribution >= 0.6 is 0 Å². The van der Waals surface area contributed by atoms with Crippen molar-refractivity contribution >= 4 is 17.3 Å². The van der Waals surface area contributed by atoms with E-state index in [-0.39, 0.29) is 5.91 Å². The van der Waals surface area contributed by atoms with Gasteiger partial charge in [-0.05, 0) is 32.2 Å². The maximum absolute atomic E-state index is 11.7. The molecule has 0 saturated carbocycles. The zero-order valence-corrected chi connectivity index (χ0v) is 11.8. The Hall–Kier alpha value is -1.75. The summed E-state index contributed by atoms with van der Waals surface area (Å²) in [4.78, 5) is 16.3. The van der Waals surface area contributed by atoms with Crippen LogP contribution in [0.25, 0.3) is 0 Å². The molecule has 1 aromatic rings. The summed E-state index contributed by atoms with van der Waals surface area (Å²) in [6.07, 6.45) is 0. The summed E-state index contributed by atoms with van der Waals surface area (Å²) in [6.45, 7) is 5.12. The number of nitrogens with zero attached hydrogens (tertiary/aromatic N) is 2. The maximum Gasteiger partial charge on any atom is 0.251 e. The van der Waals surface area contributed by atoms with Crippen molar-refractivity contribution in [3.8, 4) is 0 Å². The van der Waals surface area contributed by atoms with E-state index in [2.05, 4.69) is 29.1 Å². The fourth-order valence-corrected chi connectivity index (χ4v) is 2.58. The fourth-order valence-electron chi connectivity index (χ4n) is 2.58. The zero-order valence-electron chi connectivity index (χ0n) is 11.8. The number of piperazine rings is 1. The molecule has 2 rings (SSSR count). The number of amides is 1. The van der Waals surface area contributed by atoms with Crippen LogP contribution in [0.2, 0.25) is 0 Å². The maximum atomic E-state index is 11.7. The fraction of sp³-hybridized carbons (Fsp3) is 0.500. The van der Waals surface area contributed by atoms with Gasteiger partial charge in [0, 0.05) is 38.3 Å². The molecule has 1 aliphatic heterocycles. The van der Waals surface area contributed by atoms with Crippen LogP contribution in [0.3, 0.4) is 0 Å². The molecular weight excluding hydrogens is 240 g/mol. The van der Waals surface area contributed by atoms with Crippen molar-refractivity contribution in [2.75, 3.05) is 44.4 Å². The van der Waals surface area contributed by atoms with E-state index in [0.29, 0.717) is 11.6 Å². The Labute approximate surface area is 114 Å². The van der Waals surface area contributed by atoms with E-state index in [1.54, 1.807) is 13.1 Å². The molecule has 1 amide bonds. The first-order valence-corrected chi connectivity index (χ1v) is 6.59. The molecule has 1 heterocycles. The van der Waals surface area contributed by atoms with Crippen LogP contribution in [-0.2, 0) is 0 Å². The molecule has 104 valence electrons. The minimum absolute atomic E-state index is 0.0805. The van der Waals surface area contributed by atoms with Crippen molar-refractivity contribution in [3.05, 3.63) is 23.8 Å². The summed E-state index contributed by atoms with van der Waals surface area (Å²) >= 11 is 0. The summed E-state index contributed by atoms with van der Waals surface area (Å²) in [5.74, 6) is -0.0805. The van der Waals surface area contributed by atoms with Crippen molar-refractivity contribution < 1.29 is 4.79 Å². The molecule has 0 aromatic heterocycles. The first-order valence-electron chi connectivity index (χ1n) is 6.59. The third-order valence-electron chi connectivity index (χ3n) is 3.66. The SMILES string of the molecule is CNC(=O)c1ccc(N)c(N2CCN(C)CC2C)c1. The molecule has 1 aromatic carbocycles. The van der Waals surface area contributed by atoms with Gasteiger partial charge in [0.05, 0.1) is 11.4 Å². The highest BCUT2D eigenvalue weighted by molar-refractivity contribution is 5.96. The van der Waals surface area contributed by atoms with E-state index in [9.17, 15) is 4.79 Å². The molecule has 3 N–H and O–H groups in total. The summed E-state index contributed by atoms with van der Waals surface area (Å²) in [5.41, 5.74) is 8.41. The number of nitrogens with one attached hydrogen (secondary N) is 1. The number of likely N-dealkylation sites (N-methyl/N-ethyl adjacent to an activating group) is 1. The number of hydrogen-bond acceptors (Lipinski definition) is 4. The second kappa shape index (κ2) is 5.48. The van der Waals surface area contributed by atoms with Crippen molar-refractivity contribution in [1.82, 2.24) is 10.2 Å². The predicted octanol–water partition coefficient (Wildman–Crippen LogP) is 0.769. The summed E-state index contributed by atoms with van der Waals surface area (Å²) in [7, 11) is 3.76. The van der Waals surface area contributed by atoms with Crippen LogP contribution in [0, 0.1) is 0 Å². The highest BCUT2D eigenvalue weighted by Crippen LogP contribution is 2.28. The third kappa shape index (κ3) is 2.81. The molecule has 5 heteroatoms. The minimum Gasteiger partial charge on any atom is -0.397 e. The van der Waals surface area contributed by atoms with Gasteiger partial charge in [0.2, 0.25) is 0 Å². The van der Waals surface area contributed by atoms with Crippen LogP contribution in [0.5, 0.6) is 0 Å². The Morgan fingerprint density at radius 3 is 2.79 bits per heavy atom. The van der Waals surface area contributed by atoms with Gasteiger partial charge in [0.15, 0.2) is 0 Å². The van der Waals surface area contributed by atoms with Gasteiger partial charge < -0.3 is 20.9 Å². The number of nitrogen functional groups attached to an aromatic ring is 1. The van der Waals surface area contributed by atoms with E-state index in [1.807, 2.05) is 12.1 Å². The molecule has 1 atom stereocenters. The lowest BCUT2D eigenvalue weighted by molar-refractivity contribution is 0.0963. The van der Waals surface area contributed by atoms with Crippen LogP contribution in [0.4, 0.5) is 11.4 Å². The standard InChI is InChI=1S/C14H22N4O/c1-10-9-17(3)6-7-18(10)13-8-11(14(19)16-2)4-5-12(13)15/h4-5,8,10H,6-7,9,15H2,1-3H3,(H,16,19). The van der Waals surface area contributed by atoms with Gasteiger partial charge in [-0.3, -0.25) is 4.79 Å². The van der Waals surface area contributed by atoms with Crippen molar-refractivity contribution in [2.45, 2.75) is 13.0 Å². The second-order valence-corrected chi connectivity index (χ2v) is 5.16. The van der Waals surface area contributed by atoms with E-state index in [0.717, 1.165) is 31.0 Å². The van der Waals surface area contributed by atoms with E-state index < -0.39 is 0 Å². The summed E-state index contributed by atoms with van der Waals surface area (Å²) in [6, 6.07) is 5.85. The monoisotopic (exact) mass is 262 g/mol. The number of carbonyl (C=O) groups is 1. The normalized spacial score (nSPS) is 20.4. The van der Waals surface area contributed by atoms with Crippen molar-refractivity contribution in [2.24, 2.45) is 0 Å². The van der Waals surface area contributed by atoms with Gasteiger partial charge >= 0.3 is 0 Å². The first-order chi connectivity index (χ1) is 9.02. The van der Waals surface area contributed by atoms with E-state index >= 15 is 0 Å². The third-order valence-corrected chi connectivity index (χ3v) is 3.66. The first kappa shape index (κ1) is 13.7. The number of nitrogens with two attached hydrogens (primary N) is 1. The smallest absolute Gasteiger partial charge is 0.251 e. The average Bonchev–Trinajstić information content (AvgIpc) is 2.39. The number of benzene rings is 1. The Morgan fingerprint density at radius 1 is 1.42 bits per heavy atom. The van der Waals surface area contributed by atoms with E-state index in [1.165, 1.54) is 0 Å². The van der Waals surface area contributed by atoms with E-state index in [4.69, 9.17) is 5.73 Å². The van der Waals surface area contributed by atoms with Gasteiger partial charge in [-0.1, -0.05) is 0 Å². The van der Waals surface area contributed by atoms with Crippen LogP contribution in [0.15, 0.2) is 18.2 Å². The van der Waals surface area contributed by atoms with Gasteiger partial charge in [0.1, 0.15) is 0 Å². The number of carbonyl (C=O) groups excluding carboxylic acids is 1. The van der Waals surface area contributed by atoms with Gasteiger partial charge in [-0.25, -0.2) is 0 Å². The Kier molecular flexibility index (Phi) is 3.95. The minimum atomic E-state index is -0.0805. The highest BCUT2D eigenvalue weighted by Gasteiger charge is 2.23. The highest BCUT2D eigenvalue weighted by atomic mass is 16.1. The summed E-state index contributed by atoms with van der Waals surface area (Å²) in [5, 5.41) is 2.64. The molecule has 1 aliphatic rings. The molecule has 1 fully saturated rings. The molecular formula is C14H22N4O. The molecule has 1 saturated heterocycles. The number of hydrogen-bond donors (Lipinski definition) is 2. The Bertz CT molecular complexity index is 475. The molecule has 5 nitrogen and oxygen atoms in total. The van der Waals surface area contributed by atoms with Gasteiger partial charge in [-0.2, -0.15) is 0 Å². The number of rotatable bonds is 2. The van der Waals surface area contributed by atoms with Crippen LogP contribution in [-0.4, -0.2) is 50.6 Å². The van der Waals surface area contributed by atoms with Crippen LogP contribution < -0.4 is 16.0 Å². The molecule has 19 heavy (non-hydrogen) atoms. The Morgan fingerprint density at radius 2 is 2.16 bits per heavy atom. The second-order valence-electron chi connectivity index (χ2n) is 5.16. The molecule has 0 radical (unpaired) electrons. The van der Waals surface area contributed by atoms with Crippen molar-refractivity contribution in [1.29, 1.82) is 0 Å². The van der Waals surface area contributed by atoms with Gasteiger partial charge in [-0.15, -0.1) is 0 Å². The quantitative estimate of drug-likeness (QED) is 0.773. The Balaban J connectivity index is 2.30. The molecule has 1 unspecified atom stereocenters. The lowest BCUT2D eigenvalue weighted by Crippen LogP contribution is -2.50.